The summed E-state index contributed by atoms with van der Waals surface area (Å²) in [7, 11) is 0. The van der Waals surface area contributed by atoms with Crippen molar-refractivity contribution in [1.82, 2.24) is 9.88 Å². The zero-order chi connectivity index (χ0) is 13.0. The number of hydrogen-bond donors (Lipinski definition) is 1. The minimum Gasteiger partial charge on any atom is -0.342 e. The summed E-state index contributed by atoms with van der Waals surface area (Å²) < 4.78 is 0. The molecular weight excluding hydrogens is 230 g/mol. The Balaban J connectivity index is 1.93. The van der Waals surface area contributed by atoms with Crippen LogP contribution in [0.2, 0.25) is 0 Å². The van der Waals surface area contributed by atoms with E-state index in [0.717, 1.165) is 13.0 Å². The van der Waals surface area contributed by atoms with Gasteiger partial charge in [-0.2, -0.15) is 0 Å². The minimum atomic E-state index is -0.258. The molecule has 1 aromatic heterocycles. The molecule has 1 aliphatic rings. The summed E-state index contributed by atoms with van der Waals surface area (Å²) in [5.74, 6) is 0.216. The summed E-state index contributed by atoms with van der Waals surface area (Å²) in [6.07, 6.45) is 2.85. The molecule has 1 aliphatic heterocycles. The first kappa shape index (κ1) is 12.5. The molecule has 1 aromatic rings. The van der Waals surface area contributed by atoms with Gasteiger partial charge in [0, 0.05) is 25.7 Å². The molecule has 18 heavy (non-hydrogen) atoms. The molecule has 0 saturated carbocycles. The fourth-order valence-electron chi connectivity index (χ4n) is 2.10. The van der Waals surface area contributed by atoms with E-state index in [1.807, 2.05) is 13.0 Å². The summed E-state index contributed by atoms with van der Waals surface area (Å²) in [5.41, 5.74) is 0. The number of carbonyl (C=O) groups is 2. The van der Waals surface area contributed by atoms with Gasteiger partial charge in [0.05, 0.1) is 5.92 Å². The summed E-state index contributed by atoms with van der Waals surface area (Å²) in [6, 6.07) is 5.34. The summed E-state index contributed by atoms with van der Waals surface area (Å²) >= 11 is 0. The van der Waals surface area contributed by atoms with E-state index in [1.54, 1.807) is 23.2 Å². The van der Waals surface area contributed by atoms with Crippen LogP contribution in [0.15, 0.2) is 24.4 Å². The van der Waals surface area contributed by atoms with Crippen LogP contribution in [0.1, 0.15) is 19.8 Å². The van der Waals surface area contributed by atoms with Crippen LogP contribution >= 0.6 is 0 Å². The Bertz CT molecular complexity index is 433. The normalized spacial score (nSPS) is 19.1. The van der Waals surface area contributed by atoms with Crippen molar-refractivity contribution in [3.05, 3.63) is 24.4 Å². The van der Waals surface area contributed by atoms with E-state index in [-0.39, 0.29) is 17.7 Å². The number of rotatable bonds is 4. The highest BCUT2D eigenvalue weighted by Gasteiger charge is 2.33. The Morgan fingerprint density at radius 2 is 2.39 bits per heavy atom. The quantitative estimate of drug-likeness (QED) is 0.871. The number of anilines is 1. The number of pyridine rings is 1. The number of hydrogen-bond acceptors (Lipinski definition) is 3. The number of amides is 2. The molecule has 2 rings (SSSR count). The van der Waals surface area contributed by atoms with Gasteiger partial charge in [-0.05, 0) is 18.6 Å². The summed E-state index contributed by atoms with van der Waals surface area (Å²) in [5, 5.41) is 2.74. The lowest BCUT2D eigenvalue weighted by molar-refractivity contribution is -0.128. The van der Waals surface area contributed by atoms with Gasteiger partial charge in [-0.1, -0.05) is 13.0 Å². The van der Waals surface area contributed by atoms with Gasteiger partial charge in [-0.15, -0.1) is 0 Å². The number of aromatic nitrogens is 1. The largest absolute Gasteiger partial charge is 0.342 e. The molecule has 1 saturated heterocycles. The Hall–Kier alpha value is -1.91. The first-order valence-corrected chi connectivity index (χ1v) is 6.20. The van der Waals surface area contributed by atoms with Crippen molar-refractivity contribution >= 4 is 17.6 Å². The molecule has 0 bridgehead atoms. The lowest BCUT2D eigenvalue weighted by Crippen LogP contribution is -2.29. The zero-order valence-electron chi connectivity index (χ0n) is 10.4. The van der Waals surface area contributed by atoms with Crippen molar-refractivity contribution in [2.24, 2.45) is 5.92 Å². The molecule has 1 fully saturated rings. The highest BCUT2D eigenvalue weighted by atomic mass is 16.2. The van der Waals surface area contributed by atoms with Gasteiger partial charge in [0.15, 0.2) is 0 Å². The van der Waals surface area contributed by atoms with Gasteiger partial charge in [-0.25, -0.2) is 4.98 Å². The van der Waals surface area contributed by atoms with Crippen LogP contribution in [0, 0.1) is 5.92 Å². The number of nitrogens with one attached hydrogen (secondary N) is 1. The second kappa shape index (κ2) is 5.62. The number of nitrogens with zero attached hydrogens (tertiary/aromatic N) is 2. The lowest BCUT2D eigenvalue weighted by atomic mass is 10.1. The third-order valence-electron chi connectivity index (χ3n) is 2.99. The van der Waals surface area contributed by atoms with Crippen LogP contribution in [0.4, 0.5) is 5.82 Å². The smallest absolute Gasteiger partial charge is 0.230 e. The van der Waals surface area contributed by atoms with E-state index in [4.69, 9.17) is 0 Å². The maximum atomic E-state index is 12.0. The summed E-state index contributed by atoms with van der Waals surface area (Å²) in [4.78, 5) is 29.4. The minimum absolute atomic E-state index is 0.0676. The fourth-order valence-corrected chi connectivity index (χ4v) is 2.10. The van der Waals surface area contributed by atoms with E-state index < -0.39 is 0 Å². The van der Waals surface area contributed by atoms with E-state index in [0.29, 0.717) is 18.8 Å². The van der Waals surface area contributed by atoms with Gasteiger partial charge in [-0.3, -0.25) is 9.59 Å². The highest BCUT2D eigenvalue weighted by molar-refractivity contribution is 5.96. The first-order chi connectivity index (χ1) is 8.70. The second-order valence-corrected chi connectivity index (χ2v) is 4.45. The average Bonchev–Trinajstić information content (AvgIpc) is 2.73. The maximum Gasteiger partial charge on any atom is 0.230 e. The van der Waals surface area contributed by atoms with Gasteiger partial charge in [0.25, 0.3) is 0 Å². The number of likely N-dealkylation sites (tertiary alicyclic amines) is 1. The third-order valence-corrected chi connectivity index (χ3v) is 2.99. The van der Waals surface area contributed by atoms with Crippen molar-refractivity contribution in [3.63, 3.8) is 0 Å². The van der Waals surface area contributed by atoms with E-state index >= 15 is 0 Å². The second-order valence-electron chi connectivity index (χ2n) is 4.45. The van der Waals surface area contributed by atoms with Crippen LogP contribution in [0.5, 0.6) is 0 Å². The topological polar surface area (TPSA) is 62.3 Å². The van der Waals surface area contributed by atoms with Crippen molar-refractivity contribution in [3.8, 4) is 0 Å². The van der Waals surface area contributed by atoms with Gasteiger partial charge < -0.3 is 10.2 Å². The predicted octanol–water partition coefficient (Wildman–Crippen LogP) is 1.28. The van der Waals surface area contributed by atoms with E-state index in [1.165, 1.54) is 0 Å². The molecule has 1 N–H and O–H groups in total. The molecule has 5 heteroatoms. The monoisotopic (exact) mass is 247 g/mol. The van der Waals surface area contributed by atoms with Crippen molar-refractivity contribution < 1.29 is 9.59 Å². The molecule has 0 spiro atoms. The Kier molecular flexibility index (Phi) is 3.92. The van der Waals surface area contributed by atoms with Crippen molar-refractivity contribution in [1.29, 1.82) is 0 Å². The Morgan fingerprint density at radius 3 is 3.06 bits per heavy atom. The van der Waals surface area contributed by atoms with E-state index in [9.17, 15) is 9.59 Å². The van der Waals surface area contributed by atoms with Crippen LogP contribution in [0.3, 0.4) is 0 Å². The van der Waals surface area contributed by atoms with Crippen LogP contribution in [0.25, 0.3) is 0 Å². The van der Waals surface area contributed by atoms with Gasteiger partial charge >= 0.3 is 0 Å². The van der Waals surface area contributed by atoms with Crippen LogP contribution in [-0.2, 0) is 9.59 Å². The average molecular weight is 247 g/mol. The lowest BCUT2D eigenvalue weighted by Gasteiger charge is -2.14. The highest BCUT2D eigenvalue weighted by Crippen LogP contribution is 2.19. The first-order valence-electron chi connectivity index (χ1n) is 6.20. The Labute approximate surface area is 106 Å². The van der Waals surface area contributed by atoms with Crippen molar-refractivity contribution in [2.45, 2.75) is 19.8 Å². The summed E-state index contributed by atoms with van der Waals surface area (Å²) in [6.45, 7) is 3.27. The fraction of sp³-hybridized carbons (Fsp3) is 0.462. The molecule has 1 atom stereocenters. The van der Waals surface area contributed by atoms with E-state index in [2.05, 4.69) is 10.3 Å². The molecule has 2 heterocycles. The van der Waals surface area contributed by atoms with Crippen LogP contribution < -0.4 is 5.32 Å². The molecule has 0 aliphatic carbocycles. The molecule has 2 amide bonds. The molecule has 0 radical (unpaired) electrons. The SMILES string of the molecule is CCCN1C[C@@H](C(=O)Nc2ccccn2)CC1=O. The Morgan fingerprint density at radius 1 is 1.56 bits per heavy atom. The molecule has 96 valence electrons. The number of carbonyl (C=O) groups excluding carboxylic acids is 2. The van der Waals surface area contributed by atoms with Crippen LogP contribution in [-0.4, -0.2) is 34.8 Å². The molecule has 5 nitrogen and oxygen atoms in total. The zero-order valence-corrected chi connectivity index (χ0v) is 10.4. The standard InChI is InChI=1S/C13H17N3O2/c1-2-7-16-9-10(8-12(16)17)13(18)15-11-5-3-4-6-14-11/h3-6,10H,2,7-9H2,1H3,(H,14,15,18)/t10-/m0/s1. The van der Waals surface area contributed by atoms with Crippen molar-refractivity contribution in [2.75, 3.05) is 18.4 Å². The predicted molar refractivity (Wildman–Crippen MR) is 67.8 cm³/mol. The third kappa shape index (κ3) is 2.85. The maximum absolute atomic E-state index is 12.0. The molecular formula is C13H17N3O2. The molecule has 0 unspecified atom stereocenters. The molecule has 0 aromatic carbocycles. The van der Waals surface area contributed by atoms with Gasteiger partial charge in [0.1, 0.15) is 5.82 Å². The van der Waals surface area contributed by atoms with Gasteiger partial charge in [0.2, 0.25) is 11.8 Å².